The van der Waals surface area contributed by atoms with E-state index in [1.165, 1.54) is 0 Å². The Balaban J connectivity index is 2.10. The van der Waals surface area contributed by atoms with Crippen LogP contribution in [0.1, 0.15) is 12.5 Å². The zero-order chi connectivity index (χ0) is 13.7. The number of para-hydroxylation sites is 2. The first kappa shape index (κ1) is 14.0. The molecule has 100 valence electrons. The molecule has 0 spiro atoms. The molecule has 2 aromatic rings. The summed E-state index contributed by atoms with van der Waals surface area (Å²) >= 11 is 11.7. The average molecular weight is 298 g/mol. The van der Waals surface area contributed by atoms with Gasteiger partial charge in [0.2, 0.25) is 0 Å². The molecular formula is C14H13Cl2NO2. The molecule has 5 heteroatoms. The lowest BCUT2D eigenvalue weighted by Gasteiger charge is -2.12. The van der Waals surface area contributed by atoms with Crippen LogP contribution in [0.15, 0.2) is 36.4 Å². The molecular weight excluding hydrogens is 285 g/mol. The van der Waals surface area contributed by atoms with Crippen molar-refractivity contribution >= 4 is 23.2 Å². The minimum Gasteiger partial charge on any atom is -0.490 e. The van der Waals surface area contributed by atoms with Gasteiger partial charge < -0.3 is 9.47 Å². The quantitative estimate of drug-likeness (QED) is 0.768. The smallest absolute Gasteiger partial charge is 0.161 e. The van der Waals surface area contributed by atoms with E-state index in [9.17, 15) is 0 Å². The normalized spacial score (nSPS) is 10.3. The van der Waals surface area contributed by atoms with Crippen molar-refractivity contribution in [3.05, 3.63) is 52.3 Å². The van der Waals surface area contributed by atoms with Crippen molar-refractivity contribution in [3.63, 3.8) is 0 Å². The summed E-state index contributed by atoms with van der Waals surface area (Å²) in [6.45, 7) is 2.83. The lowest BCUT2D eigenvalue weighted by atomic mass is 10.3. The largest absolute Gasteiger partial charge is 0.490 e. The van der Waals surface area contributed by atoms with E-state index in [0.29, 0.717) is 35.0 Å². The van der Waals surface area contributed by atoms with Gasteiger partial charge in [-0.05, 0) is 31.2 Å². The molecule has 0 aliphatic heterocycles. The van der Waals surface area contributed by atoms with Gasteiger partial charge in [-0.15, -0.1) is 0 Å². The monoisotopic (exact) mass is 297 g/mol. The summed E-state index contributed by atoms with van der Waals surface area (Å²) in [5, 5.41) is 0.713. The van der Waals surface area contributed by atoms with E-state index in [0.717, 1.165) is 5.56 Å². The molecule has 1 heterocycles. The second-order valence-electron chi connectivity index (χ2n) is 3.75. The van der Waals surface area contributed by atoms with Crippen LogP contribution in [0.25, 0.3) is 0 Å². The minimum atomic E-state index is 0.313. The van der Waals surface area contributed by atoms with Crippen molar-refractivity contribution in [3.8, 4) is 11.5 Å². The molecule has 0 saturated carbocycles. The van der Waals surface area contributed by atoms with Crippen molar-refractivity contribution in [1.82, 2.24) is 4.98 Å². The molecule has 0 saturated heterocycles. The number of ether oxygens (including phenoxy) is 2. The third-order valence-corrected chi connectivity index (χ3v) is 2.96. The Kier molecular flexibility index (Phi) is 4.88. The van der Waals surface area contributed by atoms with Gasteiger partial charge >= 0.3 is 0 Å². The predicted octanol–water partition coefficient (Wildman–Crippen LogP) is 4.37. The summed E-state index contributed by atoms with van der Waals surface area (Å²) in [5.41, 5.74) is 0.775. The fraction of sp³-hybridized carbons (Fsp3) is 0.214. The Labute approximate surface area is 122 Å². The van der Waals surface area contributed by atoms with E-state index in [-0.39, 0.29) is 0 Å². The first-order valence-electron chi connectivity index (χ1n) is 5.86. The molecule has 0 radical (unpaired) electrons. The van der Waals surface area contributed by atoms with E-state index < -0.39 is 0 Å². The summed E-state index contributed by atoms with van der Waals surface area (Å²) in [4.78, 5) is 3.96. The minimum absolute atomic E-state index is 0.313. The highest BCUT2D eigenvalue weighted by Crippen LogP contribution is 2.28. The third kappa shape index (κ3) is 3.75. The predicted molar refractivity (Wildman–Crippen MR) is 76.2 cm³/mol. The SMILES string of the molecule is CCOc1ccccc1OCc1ccc(Cl)nc1Cl. The van der Waals surface area contributed by atoms with E-state index in [4.69, 9.17) is 32.7 Å². The number of benzene rings is 1. The van der Waals surface area contributed by atoms with Gasteiger partial charge in [-0.25, -0.2) is 4.98 Å². The number of pyridine rings is 1. The van der Waals surface area contributed by atoms with Crippen molar-refractivity contribution < 1.29 is 9.47 Å². The summed E-state index contributed by atoms with van der Waals surface area (Å²) in [6, 6.07) is 11.0. The van der Waals surface area contributed by atoms with Crippen LogP contribution in [0.3, 0.4) is 0 Å². The molecule has 0 bridgehead atoms. The maximum absolute atomic E-state index is 5.99. The second-order valence-corrected chi connectivity index (χ2v) is 4.50. The molecule has 1 aromatic heterocycles. The second kappa shape index (κ2) is 6.64. The molecule has 0 amide bonds. The molecule has 1 aromatic carbocycles. The van der Waals surface area contributed by atoms with Crippen molar-refractivity contribution in [2.45, 2.75) is 13.5 Å². The molecule has 0 atom stereocenters. The van der Waals surface area contributed by atoms with Gasteiger partial charge in [0.1, 0.15) is 16.9 Å². The topological polar surface area (TPSA) is 31.4 Å². The van der Waals surface area contributed by atoms with Crippen LogP contribution in [-0.4, -0.2) is 11.6 Å². The van der Waals surface area contributed by atoms with Gasteiger partial charge in [-0.2, -0.15) is 0 Å². The van der Waals surface area contributed by atoms with Gasteiger partial charge in [0.05, 0.1) is 6.61 Å². The molecule has 2 rings (SSSR count). The van der Waals surface area contributed by atoms with Gasteiger partial charge in [0.15, 0.2) is 11.5 Å². The van der Waals surface area contributed by atoms with Gasteiger partial charge in [0, 0.05) is 5.56 Å². The van der Waals surface area contributed by atoms with Gasteiger partial charge in [-0.3, -0.25) is 0 Å². The molecule has 0 unspecified atom stereocenters. The molecule has 0 aliphatic rings. The Morgan fingerprint density at radius 3 is 2.32 bits per heavy atom. The van der Waals surface area contributed by atoms with E-state index >= 15 is 0 Å². The van der Waals surface area contributed by atoms with Crippen LogP contribution >= 0.6 is 23.2 Å². The zero-order valence-corrected chi connectivity index (χ0v) is 11.9. The Hall–Kier alpha value is -1.45. The fourth-order valence-corrected chi connectivity index (χ4v) is 1.95. The highest BCUT2D eigenvalue weighted by atomic mass is 35.5. The van der Waals surface area contributed by atoms with Crippen LogP contribution in [0, 0.1) is 0 Å². The summed E-state index contributed by atoms with van der Waals surface area (Å²) in [7, 11) is 0. The fourth-order valence-electron chi connectivity index (χ4n) is 1.55. The number of nitrogens with zero attached hydrogens (tertiary/aromatic N) is 1. The number of hydrogen-bond donors (Lipinski definition) is 0. The standard InChI is InChI=1S/C14H13Cl2NO2/c1-2-18-11-5-3-4-6-12(11)19-9-10-7-8-13(15)17-14(10)16/h3-8H,2,9H2,1H3. The van der Waals surface area contributed by atoms with Crippen LogP contribution in [0.2, 0.25) is 10.3 Å². The summed E-state index contributed by atoms with van der Waals surface area (Å²) in [5.74, 6) is 1.39. The maximum Gasteiger partial charge on any atom is 0.161 e. The highest BCUT2D eigenvalue weighted by Gasteiger charge is 2.07. The van der Waals surface area contributed by atoms with Crippen molar-refractivity contribution in [2.75, 3.05) is 6.61 Å². The van der Waals surface area contributed by atoms with Gasteiger partial charge in [0.25, 0.3) is 0 Å². The zero-order valence-electron chi connectivity index (χ0n) is 10.4. The van der Waals surface area contributed by atoms with E-state index in [1.807, 2.05) is 31.2 Å². The van der Waals surface area contributed by atoms with E-state index in [1.54, 1.807) is 12.1 Å². The number of hydrogen-bond acceptors (Lipinski definition) is 3. The summed E-state index contributed by atoms with van der Waals surface area (Å²) in [6.07, 6.45) is 0. The summed E-state index contributed by atoms with van der Waals surface area (Å²) < 4.78 is 11.2. The van der Waals surface area contributed by atoms with Crippen LogP contribution in [0.5, 0.6) is 11.5 Å². The average Bonchev–Trinajstić information content (AvgIpc) is 2.40. The molecule has 0 fully saturated rings. The van der Waals surface area contributed by atoms with Gasteiger partial charge in [-0.1, -0.05) is 35.3 Å². The third-order valence-electron chi connectivity index (χ3n) is 2.42. The Morgan fingerprint density at radius 1 is 1.00 bits per heavy atom. The molecule has 0 N–H and O–H groups in total. The lowest BCUT2D eigenvalue weighted by Crippen LogP contribution is -2.00. The highest BCUT2D eigenvalue weighted by molar-refractivity contribution is 6.32. The number of halogens is 2. The van der Waals surface area contributed by atoms with Crippen LogP contribution < -0.4 is 9.47 Å². The molecule has 0 aliphatic carbocycles. The first-order valence-corrected chi connectivity index (χ1v) is 6.62. The van der Waals surface area contributed by atoms with Crippen molar-refractivity contribution in [1.29, 1.82) is 0 Å². The van der Waals surface area contributed by atoms with Crippen LogP contribution in [-0.2, 0) is 6.61 Å². The van der Waals surface area contributed by atoms with Crippen LogP contribution in [0.4, 0.5) is 0 Å². The maximum atomic E-state index is 5.99. The number of rotatable bonds is 5. The molecule has 19 heavy (non-hydrogen) atoms. The first-order chi connectivity index (χ1) is 9.20. The molecule has 3 nitrogen and oxygen atoms in total. The van der Waals surface area contributed by atoms with Crippen molar-refractivity contribution in [2.24, 2.45) is 0 Å². The lowest BCUT2D eigenvalue weighted by molar-refractivity contribution is 0.269. The van der Waals surface area contributed by atoms with E-state index in [2.05, 4.69) is 4.98 Å². The Morgan fingerprint density at radius 2 is 1.68 bits per heavy atom. The Bertz CT molecular complexity index is 561. The number of aromatic nitrogens is 1.